The minimum absolute atomic E-state index is 0.126. The van der Waals surface area contributed by atoms with E-state index in [4.69, 9.17) is 0 Å². The average Bonchev–Trinajstić information content (AvgIpc) is 2.33. The summed E-state index contributed by atoms with van der Waals surface area (Å²) in [5.74, 6) is -1.18. The van der Waals surface area contributed by atoms with Crippen LogP contribution in [0.5, 0.6) is 0 Å². The summed E-state index contributed by atoms with van der Waals surface area (Å²) in [4.78, 5) is 22.8. The molecule has 0 radical (unpaired) electrons. The van der Waals surface area contributed by atoms with Crippen LogP contribution in [0.25, 0.3) is 0 Å². The lowest BCUT2D eigenvalue weighted by Crippen LogP contribution is -2.51. The molecule has 0 aliphatic heterocycles. The summed E-state index contributed by atoms with van der Waals surface area (Å²) in [6.07, 6.45) is 5.33. The molecule has 2 aliphatic carbocycles. The highest BCUT2D eigenvalue weighted by Crippen LogP contribution is 2.61. The molecule has 0 aromatic rings. The summed E-state index contributed by atoms with van der Waals surface area (Å²) in [7, 11) is 0. The lowest BCUT2D eigenvalue weighted by Gasteiger charge is -2.57. The van der Waals surface area contributed by atoms with Crippen LogP contribution in [0.2, 0.25) is 0 Å². The molecule has 20 heavy (non-hydrogen) atoms. The van der Waals surface area contributed by atoms with E-state index in [1.165, 1.54) is 0 Å². The van der Waals surface area contributed by atoms with Crippen LogP contribution in [0.15, 0.2) is 11.6 Å². The van der Waals surface area contributed by atoms with Gasteiger partial charge in [-0.3, -0.25) is 4.79 Å². The molecule has 1 saturated carbocycles. The second kappa shape index (κ2) is 4.90. The lowest BCUT2D eigenvalue weighted by atomic mass is 9.47. The quantitative estimate of drug-likeness (QED) is 0.831. The standard InChI is InChI=1S/C16H24O4/c1-10-7-8-15(2)11(14(19)20)5-4-6-12(15)16(10,3)9-13(17)18/h5,10,12H,4,6-9H2,1-3H3,(H,17,18)(H,19,20)/t10-,12-,15-,16-/m0/s1. The summed E-state index contributed by atoms with van der Waals surface area (Å²) < 4.78 is 0. The number of fused-ring (bicyclic) bond motifs is 1. The first-order valence-electron chi connectivity index (χ1n) is 7.37. The molecule has 112 valence electrons. The maximum atomic E-state index is 11.5. The Kier molecular flexibility index (Phi) is 3.69. The molecule has 2 N–H and O–H groups in total. The van der Waals surface area contributed by atoms with E-state index in [0.717, 1.165) is 25.7 Å². The lowest BCUT2D eigenvalue weighted by molar-refractivity contribution is -0.146. The highest BCUT2D eigenvalue weighted by Gasteiger charge is 2.55. The summed E-state index contributed by atoms with van der Waals surface area (Å²) >= 11 is 0. The van der Waals surface area contributed by atoms with Crippen molar-refractivity contribution in [1.82, 2.24) is 0 Å². The minimum Gasteiger partial charge on any atom is -0.481 e. The highest BCUT2D eigenvalue weighted by molar-refractivity contribution is 5.88. The van der Waals surface area contributed by atoms with Gasteiger partial charge in [0.1, 0.15) is 0 Å². The maximum absolute atomic E-state index is 11.5. The van der Waals surface area contributed by atoms with Crippen LogP contribution >= 0.6 is 0 Å². The summed E-state index contributed by atoms with van der Waals surface area (Å²) in [6.45, 7) is 6.17. The molecule has 0 amide bonds. The summed E-state index contributed by atoms with van der Waals surface area (Å²) in [5.41, 5.74) is -0.216. The van der Waals surface area contributed by atoms with Gasteiger partial charge in [-0.15, -0.1) is 0 Å². The third-order valence-corrected chi connectivity index (χ3v) is 5.97. The molecule has 0 aromatic heterocycles. The van der Waals surface area contributed by atoms with Gasteiger partial charge in [-0.2, -0.15) is 0 Å². The molecule has 0 bridgehead atoms. The van der Waals surface area contributed by atoms with Gasteiger partial charge in [-0.1, -0.05) is 26.8 Å². The number of hydrogen-bond acceptors (Lipinski definition) is 2. The van der Waals surface area contributed by atoms with Crippen LogP contribution in [0.1, 0.15) is 52.9 Å². The van der Waals surface area contributed by atoms with Crippen LogP contribution in [0.3, 0.4) is 0 Å². The molecule has 2 aliphatic rings. The third-order valence-electron chi connectivity index (χ3n) is 5.97. The molecule has 4 nitrogen and oxygen atoms in total. The monoisotopic (exact) mass is 280 g/mol. The van der Waals surface area contributed by atoms with Crippen LogP contribution in [0.4, 0.5) is 0 Å². The predicted molar refractivity (Wildman–Crippen MR) is 75.3 cm³/mol. The number of carboxylic acids is 2. The zero-order chi connectivity index (χ0) is 15.1. The molecule has 4 heteroatoms. The van der Waals surface area contributed by atoms with Gasteiger partial charge in [0, 0.05) is 11.0 Å². The third kappa shape index (κ3) is 2.15. The number of aliphatic carboxylic acids is 2. The van der Waals surface area contributed by atoms with Gasteiger partial charge in [0.25, 0.3) is 0 Å². The molecule has 2 rings (SSSR count). The van der Waals surface area contributed by atoms with Gasteiger partial charge >= 0.3 is 11.9 Å². The van der Waals surface area contributed by atoms with Gasteiger partial charge in [0.2, 0.25) is 0 Å². The molecule has 0 heterocycles. The fraction of sp³-hybridized carbons (Fsp3) is 0.750. The Morgan fingerprint density at radius 3 is 2.50 bits per heavy atom. The topological polar surface area (TPSA) is 74.6 Å². The number of hydrogen-bond donors (Lipinski definition) is 2. The number of rotatable bonds is 3. The first-order chi connectivity index (χ1) is 9.21. The van der Waals surface area contributed by atoms with Crippen molar-refractivity contribution in [2.75, 3.05) is 0 Å². The molecular weight excluding hydrogens is 256 g/mol. The molecule has 4 atom stereocenters. The zero-order valence-corrected chi connectivity index (χ0v) is 12.5. The van der Waals surface area contributed by atoms with Crippen molar-refractivity contribution in [3.63, 3.8) is 0 Å². The van der Waals surface area contributed by atoms with E-state index in [1.54, 1.807) is 0 Å². The Labute approximate surface area is 119 Å². The van der Waals surface area contributed by atoms with Gasteiger partial charge < -0.3 is 10.2 Å². The normalized spacial score (nSPS) is 40.6. The Balaban J connectivity index is 2.45. The first-order valence-corrected chi connectivity index (χ1v) is 7.37. The molecule has 0 aromatic carbocycles. The van der Waals surface area contributed by atoms with Crippen molar-refractivity contribution in [3.8, 4) is 0 Å². The van der Waals surface area contributed by atoms with E-state index in [0.29, 0.717) is 11.5 Å². The molecular formula is C16H24O4. The van der Waals surface area contributed by atoms with E-state index in [9.17, 15) is 19.8 Å². The summed E-state index contributed by atoms with van der Waals surface area (Å²) in [6, 6.07) is 0. The fourth-order valence-electron chi connectivity index (χ4n) is 4.64. The number of allylic oxidation sites excluding steroid dienone is 1. The molecule has 0 unspecified atom stereocenters. The van der Waals surface area contributed by atoms with Gasteiger partial charge in [-0.05, 0) is 42.9 Å². The van der Waals surface area contributed by atoms with Gasteiger partial charge in [0.15, 0.2) is 0 Å². The van der Waals surface area contributed by atoms with Gasteiger partial charge in [0.05, 0.1) is 6.42 Å². The molecule has 0 spiro atoms. The Bertz CT molecular complexity index is 467. The van der Waals surface area contributed by atoms with E-state index in [1.807, 2.05) is 19.9 Å². The van der Waals surface area contributed by atoms with Crippen LogP contribution in [0, 0.1) is 22.7 Å². The van der Waals surface area contributed by atoms with Crippen molar-refractivity contribution < 1.29 is 19.8 Å². The van der Waals surface area contributed by atoms with E-state index >= 15 is 0 Å². The molecule has 1 fully saturated rings. The summed E-state index contributed by atoms with van der Waals surface area (Å²) in [5, 5.41) is 18.7. The first kappa shape index (κ1) is 15.1. The second-order valence-electron chi connectivity index (χ2n) is 6.99. The van der Waals surface area contributed by atoms with Crippen molar-refractivity contribution in [3.05, 3.63) is 11.6 Å². The average molecular weight is 280 g/mol. The van der Waals surface area contributed by atoms with Crippen molar-refractivity contribution in [1.29, 1.82) is 0 Å². The minimum atomic E-state index is -0.843. The molecule has 0 saturated heterocycles. The zero-order valence-electron chi connectivity index (χ0n) is 12.5. The maximum Gasteiger partial charge on any atom is 0.331 e. The Morgan fingerprint density at radius 2 is 1.95 bits per heavy atom. The van der Waals surface area contributed by atoms with Crippen molar-refractivity contribution in [2.45, 2.75) is 52.9 Å². The predicted octanol–water partition coefficient (Wildman–Crippen LogP) is 3.32. The number of carbonyl (C=O) groups is 2. The van der Waals surface area contributed by atoms with Crippen LogP contribution in [-0.4, -0.2) is 22.2 Å². The fourth-order valence-corrected chi connectivity index (χ4v) is 4.64. The number of carboxylic acid groups (broad SMARTS) is 2. The Hall–Kier alpha value is -1.32. The smallest absolute Gasteiger partial charge is 0.331 e. The van der Waals surface area contributed by atoms with Gasteiger partial charge in [-0.25, -0.2) is 4.79 Å². The Morgan fingerprint density at radius 1 is 1.30 bits per heavy atom. The van der Waals surface area contributed by atoms with E-state index in [-0.39, 0.29) is 23.2 Å². The van der Waals surface area contributed by atoms with Crippen LogP contribution in [-0.2, 0) is 9.59 Å². The van der Waals surface area contributed by atoms with E-state index in [2.05, 4.69) is 6.92 Å². The SMILES string of the molecule is C[C@H]1CC[C@@]2(C)C(C(=O)O)=CCC[C@@H]2[C@@]1(C)CC(=O)O. The van der Waals surface area contributed by atoms with Crippen LogP contribution < -0.4 is 0 Å². The van der Waals surface area contributed by atoms with E-state index < -0.39 is 11.9 Å². The second-order valence-corrected chi connectivity index (χ2v) is 6.99. The van der Waals surface area contributed by atoms with Crippen molar-refractivity contribution >= 4 is 11.9 Å². The highest BCUT2D eigenvalue weighted by atomic mass is 16.4. The van der Waals surface area contributed by atoms with Crippen molar-refractivity contribution in [2.24, 2.45) is 22.7 Å². The largest absolute Gasteiger partial charge is 0.481 e.